The molecule has 3 N–H and O–H groups in total. The molecule has 0 radical (unpaired) electrons. The molecule has 0 spiro atoms. The van der Waals surface area contributed by atoms with E-state index in [1.165, 1.54) is 0 Å². The normalized spacial score (nSPS) is 17.3. The second-order valence-corrected chi connectivity index (χ2v) is 8.27. The third-order valence-electron chi connectivity index (χ3n) is 4.31. The van der Waals surface area contributed by atoms with Gasteiger partial charge in [0.15, 0.2) is 0 Å². The molecule has 2 aromatic rings. The van der Waals surface area contributed by atoms with Crippen molar-refractivity contribution < 1.29 is 13.2 Å². The topological polar surface area (TPSA) is 92.5 Å². The van der Waals surface area contributed by atoms with Crippen molar-refractivity contribution in [1.29, 1.82) is 0 Å². The van der Waals surface area contributed by atoms with Crippen molar-refractivity contribution in [3.05, 3.63) is 70.2 Å². The quantitative estimate of drug-likeness (QED) is 0.779. The van der Waals surface area contributed by atoms with Crippen LogP contribution in [0.15, 0.2) is 48.5 Å². The van der Waals surface area contributed by atoms with E-state index in [1.54, 1.807) is 35.2 Å². The molecular formula is C18H21Cl2N3O3S. The van der Waals surface area contributed by atoms with Gasteiger partial charge in [0, 0.05) is 30.2 Å². The van der Waals surface area contributed by atoms with E-state index in [-0.39, 0.29) is 30.1 Å². The van der Waals surface area contributed by atoms with Crippen molar-refractivity contribution in [1.82, 2.24) is 10.2 Å². The SMILES string of the molecule is Cl.NS(=O)(=O)Cc1cccc(C(=O)N2CCNCC2c2ccccc2Cl)c1. The predicted molar refractivity (Wildman–Crippen MR) is 109 cm³/mol. The molecule has 1 amide bonds. The van der Waals surface area contributed by atoms with Crippen LogP contribution < -0.4 is 10.5 Å². The summed E-state index contributed by atoms with van der Waals surface area (Å²) < 4.78 is 22.6. The zero-order valence-corrected chi connectivity index (χ0v) is 16.9. The lowest BCUT2D eigenvalue weighted by Gasteiger charge is -2.37. The summed E-state index contributed by atoms with van der Waals surface area (Å²) in [5, 5.41) is 9.01. The zero-order valence-electron chi connectivity index (χ0n) is 14.5. The van der Waals surface area contributed by atoms with Gasteiger partial charge in [-0.1, -0.05) is 41.9 Å². The van der Waals surface area contributed by atoms with Gasteiger partial charge in [0.05, 0.1) is 11.8 Å². The molecule has 6 nitrogen and oxygen atoms in total. The molecule has 1 fully saturated rings. The molecule has 1 saturated heterocycles. The summed E-state index contributed by atoms with van der Waals surface area (Å²) in [7, 11) is -3.66. The number of nitrogens with two attached hydrogens (primary N) is 1. The Morgan fingerprint density at radius 2 is 1.96 bits per heavy atom. The summed E-state index contributed by atoms with van der Waals surface area (Å²) >= 11 is 6.33. The number of carbonyl (C=O) groups is 1. The molecular weight excluding hydrogens is 409 g/mol. The maximum absolute atomic E-state index is 13.1. The van der Waals surface area contributed by atoms with Gasteiger partial charge < -0.3 is 10.2 Å². The lowest BCUT2D eigenvalue weighted by atomic mass is 10.0. The van der Waals surface area contributed by atoms with Crippen molar-refractivity contribution in [3.63, 3.8) is 0 Å². The molecule has 1 atom stereocenters. The van der Waals surface area contributed by atoms with Gasteiger partial charge >= 0.3 is 0 Å². The van der Waals surface area contributed by atoms with Gasteiger partial charge in [0.2, 0.25) is 10.0 Å². The monoisotopic (exact) mass is 429 g/mol. The Morgan fingerprint density at radius 1 is 1.22 bits per heavy atom. The number of amides is 1. The Kier molecular flexibility index (Phi) is 7.25. The van der Waals surface area contributed by atoms with Gasteiger partial charge in [-0.05, 0) is 29.3 Å². The maximum atomic E-state index is 13.1. The summed E-state index contributed by atoms with van der Waals surface area (Å²) in [6.07, 6.45) is 0. The molecule has 3 rings (SSSR count). The van der Waals surface area contributed by atoms with Crippen molar-refractivity contribution in [2.45, 2.75) is 11.8 Å². The van der Waals surface area contributed by atoms with Crippen LogP contribution in [-0.4, -0.2) is 38.9 Å². The van der Waals surface area contributed by atoms with E-state index in [4.69, 9.17) is 16.7 Å². The van der Waals surface area contributed by atoms with E-state index >= 15 is 0 Å². The number of sulfonamides is 1. The fourth-order valence-electron chi connectivity index (χ4n) is 3.16. The molecule has 1 heterocycles. The zero-order chi connectivity index (χ0) is 18.7. The Bertz CT molecular complexity index is 922. The first-order chi connectivity index (χ1) is 12.3. The molecule has 2 aromatic carbocycles. The second-order valence-electron chi connectivity index (χ2n) is 6.25. The number of carbonyl (C=O) groups excluding carboxylic acids is 1. The van der Waals surface area contributed by atoms with Crippen LogP contribution >= 0.6 is 24.0 Å². The van der Waals surface area contributed by atoms with Crippen molar-refractivity contribution >= 4 is 39.9 Å². The van der Waals surface area contributed by atoms with Crippen LogP contribution in [0.1, 0.15) is 27.5 Å². The van der Waals surface area contributed by atoms with Crippen LogP contribution in [0.3, 0.4) is 0 Å². The summed E-state index contributed by atoms with van der Waals surface area (Å²) in [6, 6.07) is 13.9. The Labute approximate surface area is 170 Å². The summed E-state index contributed by atoms with van der Waals surface area (Å²) in [6.45, 7) is 1.82. The highest BCUT2D eigenvalue weighted by atomic mass is 35.5. The molecule has 9 heteroatoms. The van der Waals surface area contributed by atoms with Gasteiger partial charge in [-0.2, -0.15) is 0 Å². The van der Waals surface area contributed by atoms with Gasteiger partial charge in [0.1, 0.15) is 0 Å². The van der Waals surface area contributed by atoms with Gasteiger partial charge in [0.25, 0.3) is 5.91 Å². The van der Waals surface area contributed by atoms with Crippen molar-refractivity contribution in [2.24, 2.45) is 5.14 Å². The Balaban J connectivity index is 0.00000261. The number of nitrogens with zero attached hydrogens (tertiary/aromatic N) is 1. The van der Waals surface area contributed by atoms with Gasteiger partial charge in [-0.15, -0.1) is 12.4 Å². The van der Waals surface area contributed by atoms with E-state index in [1.807, 2.05) is 18.2 Å². The number of halogens is 2. The number of rotatable bonds is 4. The highest BCUT2D eigenvalue weighted by molar-refractivity contribution is 7.88. The number of hydrogen-bond donors (Lipinski definition) is 2. The lowest BCUT2D eigenvalue weighted by molar-refractivity contribution is 0.0634. The van der Waals surface area contributed by atoms with E-state index in [0.29, 0.717) is 35.8 Å². The minimum Gasteiger partial charge on any atom is -0.329 e. The average molecular weight is 430 g/mol. The third kappa shape index (κ3) is 5.43. The number of piperazine rings is 1. The minimum absolute atomic E-state index is 0. The van der Waals surface area contributed by atoms with Gasteiger partial charge in [-0.3, -0.25) is 4.79 Å². The predicted octanol–water partition coefficient (Wildman–Crippen LogP) is 2.34. The Morgan fingerprint density at radius 3 is 2.67 bits per heavy atom. The van der Waals surface area contributed by atoms with Gasteiger partial charge in [-0.25, -0.2) is 13.6 Å². The number of primary sulfonamides is 1. The fourth-order valence-corrected chi connectivity index (χ4v) is 4.07. The standard InChI is InChI=1S/C18H20ClN3O3S.ClH/c19-16-7-2-1-6-15(16)17-11-21-8-9-22(17)18(23)14-5-3-4-13(10-14)12-26(20,24)25;/h1-7,10,17,21H,8-9,11-12H2,(H2,20,24,25);1H. The molecule has 1 aliphatic rings. The van der Waals surface area contributed by atoms with Crippen LogP contribution in [0.25, 0.3) is 0 Å². The van der Waals surface area contributed by atoms with Crippen LogP contribution in [0, 0.1) is 0 Å². The largest absolute Gasteiger partial charge is 0.329 e. The number of hydrogen-bond acceptors (Lipinski definition) is 4. The number of benzene rings is 2. The van der Waals surface area contributed by atoms with E-state index in [2.05, 4.69) is 5.32 Å². The minimum atomic E-state index is -3.66. The number of nitrogens with one attached hydrogen (secondary N) is 1. The first kappa shape index (κ1) is 21.7. The van der Waals surface area contributed by atoms with Crippen molar-refractivity contribution in [2.75, 3.05) is 19.6 Å². The average Bonchev–Trinajstić information content (AvgIpc) is 2.60. The summed E-state index contributed by atoms with van der Waals surface area (Å²) in [5.41, 5.74) is 1.81. The maximum Gasteiger partial charge on any atom is 0.254 e. The van der Waals surface area contributed by atoms with E-state index in [9.17, 15) is 13.2 Å². The van der Waals surface area contributed by atoms with Crippen LogP contribution in [0.5, 0.6) is 0 Å². The summed E-state index contributed by atoms with van der Waals surface area (Å²) in [4.78, 5) is 14.9. The van der Waals surface area contributed by atoms with E-state index < -0.39 is 10.0 Å². The van der Waals surface area contributed by atoms with Crippen molar-refractivity contribution in [3.8, 4) is 0 Å². The molecule has 0 bridgehead atoms. The highest BCUT2D eigenvalue weighted by Gasteiger charge is 2.29. The van der Waals surface area contributed by atoms with Crippen LogP contribution in [-0.2, 0) is 15.8 Å². The molecule has 146 valence electrons. The molecule has 0 aromatic heterocycles. The fraction of sp³-hybridized carbons (Fsp3) is 0.278. The molecule has 1 unspecified atom stereocenters. The third-order valence-corrected chi connectivity index (χ3v) is 5.39. The molecule has 0 aliphatic carbocycles. The Hall–Kier alpha value is -1.64. The second kappa shape index (κ2) is 9.03. The van der Waals surface area contributed by atoms with E-state index in [0.717, 1.165) is 5.56 Å². The molecule has 0 saturated carbocycles. The van der Waals surface area contributed by atoms with Crippen LogP contribution in [0.2, 0.25) is 5.02 Å². The molecule has 27 heavy (non-hydrogen) atoms. The molecule has 1 aliphatic heterocycles. The smallest absolute Gasteiger partial charge is 0.254 e. The summed E-state index contributed by atoms with van der Waals surface area (Å²) in [5.74, 6) is -0.462. The first-order valence-electron chi connectivity index (χ1n) is 8.21. The first-order valence-corrected chi connectivity index (χ1v) is 10.3. The highest BCUT2D eigenvalue weighted by Crippen LogP contribution is 2.29. The lowest BCUT2D eigenvalue weighted by Crippen LogP contribution is -2.48. The van der Waals surface area contributed by atoms with Crippen LogP contribution in [0.4, 0.5) is 0 Å².